The molecule has 3 heteroatoms. The molecule has 0 aromatic heterocycles. The number of hydrogen-bond donors (Lipinski definition) is 1. The van der Waals surface area contributed by atoms with Crippen molar-refractivity contribution in [3.63, 3.8) is 0 Å². The third kappa shape index (κ3) is 3.93. The van der Waals surface area contributed by atoms with E-state index in [1.165, 1.54) is 0 Å². The first-order valence-electron chi connectivity index (χ1n) is 5.68. The lowest BCUT2D eigenvalue weighted by Gasteiger charge is -2.37. The van der Waals surface area contributed by atoms with Gasteiger partial charge in [-0.15, -0.1) is 6.58 Å². The molecule has 2 atom stereocenters. The van der Waals surface area contributed by atoms with Crippen LogP contribution in [0.1, 0.15) is 27.2 Å². The number of aliphatic hydroxyl groups is 1. The summed E-state index contributed by atoms with van der Waals surface area (Å²) in [7, 11) is 0. The van der Waals surface area contributed by atoms with Crippen molar-refractivity contribution in [3.05, 3.63) is 12.2 Å². The fourth-order valence-electron chi connectivity index (χ4n) is 1.89. The predicted molar refractivity (Wildman–Crippen MR) is 61.9 cm³/mol. The van der Waals surface area contributed by atoms with Crippen LogP contribution in [-0.2, 0) is 4.74 Å². The third-order valence-electron chi connectivity index (χ3n) is 2.84. The summed E-state index contributed by atoms with van der Waals surface area (Å²) in [5, 5.41) is 9.93. The predicted octanol–water partition coefficient (Wildman–Crippen LogP) is 1.42. The number of nitrogens with zero attached hydrogens (tertiary/aromatic N) is 1. The standard InChI is InChI=1S/C12H23NO2/c1-9(2)7-11(14)12-8-13(10(3)4)5-6-15-12/h10-12,14H,1,5-8H2,2-4H3. The number of aliphatic hydroxyl groups excluding tert-OH is 1. The maximum atomic E-state index is 9.93. The SMILES string of the molecule is C=C(C)CC(O)C1CN(C(C)C)CCO1. The van der Waals surface area contributed by atoms with Crippen LogP contribution in [0, 0.1) is 0 Å². The largest absolute Gasteiger partial charge is 0.390 e. The quantitative estimate of drug-likeness (QED) is 0.717. The topological polar surface area (TPSA) is 32.7 Å². The van der Waals surface area contributed by atoms with E-state index in [1.807, 2.05) is 6.92 Å². The minimum Gasteiger partial charge on any atom is -0.390 e. The maximum absolute atomic E-state index is 9.93. The summed E-state index contributed by atoms with van der Waals surface area (Å²) in [4.78, 5) is 2.34. The van der Waals surface area contributed by atoms with Gasteiger partial charge < -0.3 is 9.84 Å². The molecule has 88 valence electrons. The van der Waals surface area contributed by atoms with E-state index in [0.29, 0.717) is 12.5 Å². The van der Waals surface area contributed by atoms with Crippen LogP contribution in [0.15, 0.2) is 12.2 Å². The van der Waals surface area contributed by atoms with E-state index in [1.54, 1.807) is 0 Å². The normalized spacial score (nSPS) is 25.5. The summed E-state index contributed by atoms with van der Waals surface area (Å²) < 4.78 is 5.59. The molecular formula is C12H23NO2. The highest BCUT2D eigenvalue weighted by Crippen LogP contribution is 2.15. The van der Waals surface area contributed by atoms with Crippen molar-refractivity contribution < 1.29 is 9.84 Å². The van der Waals surface area contributed by atoms with Crippen molar-refractivity contribution in [3.8, 4) is 0 Å². The molecule has 15 heavy (non-hydrogen) atoms. The average molecular weight is 213 g/mol. The molecule has 0 amide bonds. The molecule has 1 aliphatic heterocycles. The Morgan fingerprint density at radius 2 is 2.27 bits per heavy atom. The fraction of sp³-hybridized carbons (Fsp3) is 0.833. The lowest BCUT2D eigenvalue weighted by molar-refractivity contribution is -0.0940. The van der Waals surface area contributed by atoms with Crippen molar-refractivity contribution in [2.45, 2.75) is 45.4 Å². The first-order chi connectivity index (χ1) is 7.00. The zero-order chi connectivity index (χ0) is 11.4. The van der Waals surface area contributed by atoms with Gasteiger partial charge in [-0.2, -0.15) is 0 Å². The van der Waals surface area contributed by atoms with Crippen LogP contribution < -0.4 is 0 Å². The van der Waals surface area contributed by atoms with E-state index in [2.05, 4.69) is 25.3 Å². The summed E-state index contributed by atoms with van der Waals surface area (Å²) >= 11 is 0. The van der Waals surface area contributed by atoms with Crippen LogP contribution >= 0.6 is 0 Å². The molecule has 0 saturated carbocycles. The van der Waals surface area contributed by atoms with Crippen molar-refractivity contribution >= 4 is 0 Å². The summed E-state index contributed by atoms with van der Waals surface area (Å²) in [6.45, 7) is 12.6. The second-order valence-electron chi connectivity index (χ2n) is 4.73. The Bertz CT molecular complexity index is 216. The van der Waals surface area contributed by atoms with E-state index in [-0.39, 0.29) is 6.10 Å². The van der Waals surface area contributed by atoms with Gasteiger partial charge in [0.1, 0.15) is 0 Å². The molecule has 1 aliphatic rings. The summed E-state index contributed by atoms with van der Waals surface area (Å²) in [6, 6.07) is 0.522. The van der Waals surface area contributed by atoms with E-state index in [4.69, 9.17) is 4.74 Å². The Morgan fingerprint density at radius 3 is 2.80 bits per heavy atom. The Morgan fingerprint density at radius 1 is 1.60 bits per heavy atom. The molecule has 1 fully saturated rings. The average Bonchev–Trinajstić information content (AvgIpc) is 2.17. The van der Waals surface area contributed by atoms with Crippen LogP contribution in [-0.4, -0.2) is 48.0 Å². The van der Waals surface area contributed by atoms with Gasteiger partial charge in [-0.1, -0.05) is 5.57 Å². The van der Waals surface area contributed by atoms with Crippen LogP contribution in [0.25, 0.3) is 0 Å². The Kier molecular flexibility index (Phi) is 4.77. The highest BCUT2D eigenvalue weighted by molar-refractivity contribution is 4.94. The molecule has 0 bridgehead atoms. The molecule has 0 aliphatic carbocycles. The van der Waals surface area contributed by atoms with Crippen molar-refractivity contribution in [2.24, 2.45) is 0 Å². The van der Waals surface area contributed by atoms with E-state index >= 15 is 0 Å². The molecule has 1 N–H and O–H groups in total. The van der Waals surface area contributed by atoms with Gasteiger partial charge in [-0.05, 0) is 27.2 Å². The zero-order valence-corrected chi connectivity index (χ0v) is 10.1. The highest BCUT2D eigenvalue weighted by Gasteiger charge is 2.27. The van der Waals surface area contributed by atoms with E-state index < -0.39 is 6.10 Å². The molecular weight excluding hydrogens is 190 g/mol. The molecule has 2 unspecified atom stereocenters. The first-order valence-corrected chi connectivity index (χ1v) is 5.68. The van der Waals surface area contributed by atoms with Gasteiger partial charge in [0.15, 0.2) is 0 Å². The van der Waals surface area contributed by atoms with Gasteiger partial charge in [0.25, 0.3) is 0 Å². The second kappa shape index (κ2) is 5.64. The number of hydrogen-bond acceptors (Lipinski definition) is 3. The summed E-state index contributed by atoms with van der Waals surface area (Å²) in [5.41, 5.74) is 1.01. The van der Waals surface area contributed by atoms with Crippen LogP contribution in [0.4, 0.5) is 0 Å². The minimum atomic E-state index is -0.413. The summed E-state index contributed by atoms with van der Waals surface area (Å²) in [6.07, 6.45) is 0.165. The van der Waals surface area contributed by atoms with Gasteiger partial charge >= 0.3 is 0 Å². The van der Waals surface area contributed by atoms with Crippen LogP contribution in [0.2, 0.25) is 0 Å². The van der Waals surface area contributed by atoms with Crippen molar-refractivity contribution in [1.29, 1.82) is 0 Å². The molecule has 0 spiro atoms. The third-order valence-corrected chi connectivity index (χ3v) is 2.84. The highest BCUT2D eigenvalue weighted by atomic mass is 16.5. The van der Waals surface area contributed by atoms with Crippen molar-refractivity contribution in [1.82, 2.24) is 4.90 Å². The number of ether oxygens (including phenoxy) is 1. The molecule has 3 nitrogen and oxygen atoms in total. The molecule has 1 rings (SSSR count). The Labute approximate surface area is 92.7 Å². The molecule has 0 aromatic rings. The smallest absolute Gasteiger partial charge is 0.0964 e. The maximum Gasteiger partial charge on any atom is 0.0964 e. The van der Waals surface area contributed by atoms with Gasteiger partial charge in [0.05, 0.1) is 18.8 Å². The van der Waals surface area contributed by atoms with Gasteiger partial charge in [0.2, 0.25) is 0 Å². The van der Waals surface area contributed by atoms with Crippen LogP contribution in [0.3, 0.4) is 0 Å². The number of morpholine rings is 1. The van der Waals surface area contributed by atoms with Crippen molar-refractivity contribution in [2.75, 3.05) is 19.7 Å². The van der Waals surface area contributed by atoms with Gasteiger partial charge in [-0.25, -0.2) is 0 Å². The Hall–Kier alpha value is -0.380. The van der Waals surface area contributed by atoms with E-state index in [9.17, 15) is 5.11 Å². The molecule has 1 heterocycles. The monoisotopic (exact) mass is 213 g/mol. The van der Waals surface area contributed by atoms with Gasteiger partial charge in [-0.3, -0.25) is 4.90 Å². The van der Waals surface area contributed by atoms with Crippen LogP contribution in [0.5, 0.6) is 0 Å². The van der Waals surface area contributed by atoms with E-state index in [0.717, 1.165) is 25.3 Å². The lowest BCUT2D eigenvalue weighted by atomic mass is 10.0. The summed E-state index contributed by atoms with van der Waals surface area (Å²) in [5.74, 6) is 0. The zero-order valence-electron chi connectivity index (χ0n) is 10.1. The number of rotatable bonds is 4. The molecule has 0 aromatic carbocycles. The Balaban J connectivity index is 2.44. The minimum absolute atomic E-state index is 0.0575. The molecule has 0 radical (unpaired) electrons. The molecule has 1 saturated heterocycles. The lowest BCUT2D eigenvalue weighted by Crippen LogP contribution is -2.50. The second-order valence-corrected chi connectivity index (χ2v) is 4.73. The van der Waals surface area contributed by atoms with Gasteiger partial charge in [0, 0.05) is 19.1 Å². The fourth-order valence-corrected chi connectivity index (χ4v) is 1.89. The first kappa shape index (κ1) is 12.7.